The van der Waals surface area contributed by atoms with Crippen LogP contribution in [0.25, 0.3) is 10.8 Å². The number of fused-ring (bicyclic) bond motifs is 2. The maximum Gasteiger partial charge on any atom is 0.410 e. The van der Waals surface area contributed by atoms with Gasteiger partial charge in [0.25, 0.3) is 0 Å². The van der Waals surface area contributed by atoms with E-state index >= 15 is 0 Å². The smallest absolute Gasteiger partial charge is 0.410 e. The molecule has 0 unspecified atom stereocenters. The number of sulfonamides is 1. The molecule has 1 N–H and O–H groups in total. The van der Waals surface area contributed by atoms with Gasteiger partial charge in [0.15, 0.2) is 0 Å². The predicted octanol–water partition coefficient (Wildman–Crippen LogP) is 5.85. The molecule has 10 heteroatoms. The summed E-state index contributed by atoms with van der Waals surface area (Å²) in [4.78, 5) is 16.9. The summed E-state index contributed by atoms with van der Waals surface area (Å²) in [5, 5.41) is 2.39. The zero-order valence-corrected chi connectivity index (χ0v) is 23.8. The first-order chi connectivity index (χ1) is 17.5. The number of ether oxygens (including phenoxy) is 1. The molecule has 0 atom stereocenters. The first-order valence-electron chi connectivity index (χ1n) is 12.6. The van der Waals surface area contributed by atoms with Gasteiger partial charge < -0.3 is 9.64 Å². The van der Waals surface area contributed by atoms with E-state index < -0.39 is 15.6 Å². The zero-order valence-electron chi connectivity index (χ0n) is 21.4. The normalized spacial score (nSPS) is 17.7. The topological polar surface area (TPSA) is 75.7 Å². The molecule has 2 aliphatic rings. The molecule has 2 aromatic carbocycles. The number of rotatable bonds is 5. The van der Waals surface area contributed by atoms with Crippen molar-refractivity contribution in [1.82, 2.24) is 10.3 Å². The molecule has 1 aromatic heterocycles. The number of nitrogens with one attached hydrogen (secondary N) is 1. The summed E-state index contributed by atoms with van der Waals surface area (Å²) in [7, 11) is -3.68. The lowest BCUT2D eigenvalue weighted by Gasteiger charge is -2.32. The Kier molecular flexibility index (Phi) is 7.04. The largest absolute Gasteiger partial charge is 0.444 e. The van der Waals surface area contributed by atoms with Crippen molar-refractivity contribution in [2.45, 2.75) is 63.6 Å². The van der Waals surface area contributed by atoms with Gasteiger partial charge in [-0.15, -0.1) is 20.8 Å². The molecule has 198 valence electrons. The van der Waals surface area contributed by atoms with Crippen molar-refractivity contribution >= 4 is 49.8 Å². The van der Waals surface area contributed by atoms with Gasteiger partial charge in [0.2, 0.25) is 0 Å². The summed E-state index contributed by atoms with van der Waals surface area (Å²) in [6.07, 6.45) is 2.18. The highest BCUT2D eigenvalue weighted by Gasteiger charge is 2.46. The number of carbonyl (C=O) groups is 1. The highest BCUT2D eigenvalue weighted by Crippen LogP contribution is 2.33. The fraction of sp³-hybridized carbons (Fsp3) is 0.444. The minimum Gasteiger partial charge on any atom is -0.444 e. The molecule has 0 radical (unpaired) electrons. The molecule has 1 amide bonds. The van der Waals surface area contributed by atoms with Gasteiger partial charge in [-0.05, 0) is 73.9 Å². The van der Waals surface area contributed by atoms with Crippen molar-refractivity contribution in [3.05, 3.63) is 62.8 Å². The first-order valence-corrected chi connectivity index (χ1v) is 15.2. The Bertz CT molecular complexity index is 1440. The average molecular weight is 563 g/mol. The van der Waals surface area contributed by atoms with Gasteiger partial charge in [0.05, 0.1) is 13.1 Å². The van der Waals surface area contributed by atoms with E-state index in [0.29, 0.717) is 42.6 Å². The SMILES string of the molecule is CC(C)(C)OC(=O)N1CCc2sc(CN[N+]3(S(=O)(=O)c4ccc5cc(Cl)ccc5c4)CCCC3)cc2C1. The third-order valence-electron chi connectivity index (χ3n) is 6.93. The second-order valence-electron chi connectivity index (χ2n) is 10.8. The Morgan fingerprint density at radius 2 is 1.81 bits per heavy atom. The number of carbonyl (C=O) groups excluding carboxylic acids is 1. The number of nitrogens with zero attached hydrogens (tertiary/aromatic N) is 2. The van der Waals surface area contributed by atoms with Crippen molar-refractivity contribution < 1.29 is 21.9 Å². The van der Waals surface area contributed by atoms with Crippen LogP contribution in [0.15, 0.2) is 47.4 Å². The minimum atomic E-state index is -3.68. The Labute approximate surface area is 227 Å². The van der Waals surface area contributed by atoms with E-state index in [1.54, 1.807) is 34.4 Å². The minimum absolute atomic E-state index is 0.154. The first kappa shape index (κ1) is 26.4. The van der Waals surface area contributed by atoms with Crippen molar-refractivity contribution in [1.29, 1.82) is 0 Å². The summed E-state index contributed by atoms with van der Waals surface area (Å²) >= 11 is 7.80. The maximum atomic E-state index is 13.9. The van der Waals surface area contributed by atoms with E-state index in [9.17, 15) is 13.2 Å². The number of thiophene rings is 1. The summed E-state index contributed by atoms with van der Waals surface area (Å²) in [6, 6.07) is 12.8. The Morgan fingerprint density at radius 3 is 2.54 bits per heavy atom. The van der Waals surface area contributed by atoms with E-state index in [1.807, 2.05) is 39.0 Å². The highest BCUT2D eigenvalue weighted by molar-refractivity contribution is 7.86. The number of halogens is 1. The monoisotopic (exact) mass is 562 g/mol. The third kappa shape index (κ3) is 5.38. The lowest BCUT2D eigenvalue weighted by molar-refractivity contribution is -0.842. The van der Waals surface area contributed by atoms with Gasteiger partial charge in [-0.2, -0.15) is 8.42 Å². The lowest BCUT2D eigenvalue weighted by Crippen LogP contribution is -2.59. The molecule has 0 spiro atoms. The Hall–Kier alpha value is -2.17. The molecule has 0 saturated carbocycles. The van der Waals surface area contributed by atoms with Crippen molar-refractivity contribution in [3.63, 3.8) is 0 Å². The van der Waals surface area contributed by atoms with Crippen molar-refractivity contribution in [2.75, 3.05) is 19.6 Å². The van der Waals surface area contributed by atoms with Crippen LogP contribution in [0.3, 0.4) is 0 Å². The van der Waals surface area contributed by atoms with Crippen molar-refractivity contribution in [2.24, 2.45) is 0 Å². The molecule has 0 bridgehead atoms. The molecule has 7 nitrogen and oxygen atoms in total. The molecule has 1 saturated heterocycles. The Morgan fingerprint density at radius 1 is 1.11 bits per heavy atom. The molecule has 1 fully saturated rings. The van der Waals surface area contributed by atoms with E-state index in [-0.39, 0.29) is 10.1 Å². The lowest BCUT2D eigenvalue weighted by atomic mass is 10.1. The van der Waals surface area contributed by atoms with Crippen LogP contribution in [0, 0.1) is 0 Å². The van der Waals surface area contributed by atoms with Gasteiger partial charge in [-0.1, -0.05) is 23.7 Å². The summed E-state index contributed by atoms with van der Waals surface area (Å²) < 4.78 is 33.3. The van der Waals surface area contributed by atoms with Gasteiger partial charge in [0, 0.05) is 34.2 Å². The molecule has 3 aromatic rings. The van der Waals surface area contributed by atoms with Crippen LogP contribution in [0.1, 0.15) is 48.9 Å². The summed E-state index contributed by atoms with van der Waals surface area (Å²) in [5.41, 5.74) is 4.00. The van der Waals surface area contributed by atoms with Crippen LogP contribution in [0.4, 0.5) is 4.79 Å². The zero-order chi connectivity index (χ0) is 26.4. The number of hydrogen-bond donors (Lipinski definition) is 1. The molecule has 3 heterocycles. The third-order valence-corrected chi connectivity index (χ3v) is 10.7. The second kappa shape index (κ2) is 9.85. The van der Waals surface area contributed by atoms with Crippen LogP contribution in [-0.4, -0.2) is 48.6 Å². The van der Waals surface area contributed by atoms with E-state index in [0.717, 1.165) is 40.5 Å². The van der Waals surface area contributed by atoms with Gasteiger partial charge >= 0.3 is 16.1 Å². The molecule has 5 rings (SSSR count). The molecule has 37 heavy (non-hydrogen) atoms. The summed E-state index contributed by atoms with van der Waals surface area (Å²) in [6.45, 7) is 8.24. The number of benzene rings is 2. The van der Waals surface area contributed by atoms with Crippen molar-refractivity contribution in [3.8, 4) is 0 Å². The number of quaternary nitrogens is 1. The predicted molar refractivity (Wildman–Crippen MR) is 147 cm³/mol. The van der Waals surface area contributed by atoms with Crippen LogP contribution >= 0.6 is 22.9 Å². The standard InChI is InChI=1S/C27H33ClN3O4S2/c1-27(2,3)35-26(32)30-11-10-25-21(18-30)15-23(36-25)17-29-31(12-4-5-13-31)37(33,34)24-9-7-19-14-22(28)8-6-20(19)16-24/h6-9,14-16,29H,4-5,10-13,17-18H2,1-3H3/q+1. The number of hydrogen-bond acceptors (Lipinski definition) is 6. The second-order valence-corrected chi connectivity index (χ2v) is 14.6. The van der Waals surface area contributed by atoms with Gasteiger partial charge in [-0.25, -0.2) is 4.79 Å². The average Bonchev–Trinajstić information content (AvgIpc) is 3.48. The van der Waals surface area contributed by atoms with Gasteiger partial charge in [0.1, 0.15) is 23.6 Å². The van der Waals surface area contributed by atoms with E-state index in [2.05, 4.69) is 11.5 Å². The van der Waals surface area contributed by atoms with Crippen LogP contribution in [0.5, 0.6) is 0 Å². The van der Waals surface area contributed by atoms with E-state index in [1.165, 1.54) is 4.88 Å². The highest BCUT2D eigenvalue weighted by atomic mass is 35.5. The summed E-state index contributed by atoms with van der Waals surface area (Å²) in [5.74, 6) is 0. The molecule has 2 aliphatic heterocycles. The van der Waals surface area contributed by atoms with Crippen LogP contribution in [-0.2, 0) is 34.3 Å². The quantitative estimate of drug-likeness (QED) is 0.395. The van der Waals surface area contributed by atoms with Gasteiger partial charge in [-0.3, -0.25) is 0 Å². The Balaban J connectivity index is 1.34. The number of amides is 1. The molecule has 0 aliphatic carbocycles. The maximum absolute atomic E-state index is 13.9. The van der Waals surface area contributed by atoms with E-state index in [4.69, 9.17) is 16.3 Å². The van der Waals surface area contributed by atoms with Crippen LogP contribution < -0.4 is 5.43 Å². The fourth-order valence-corrected chi connectivity index (χ4v) is 8.25. The fourth-order valence-electron chi connectivity index (χ4n) is 5.07. The molecular formula is C27H33ClN3O4S2+. The molecular weight excluding hydrogens is 530 g/mol. The van der Waals surface area contributed by atoms with Crippen LogP contribution in [0.2, 0.25) is 5.02 Å².